The first-order valence-corrected chi connectivity index (χ1v) is 5.37. The van der Waals surface area contributed by atoms with Crippen LogP contribution in [0.15, 0.2) is 0 Å². The van der Waals surface area contributed by atoms with Crippen LogP contribution in [0.25, 0.3) is 0 Å². The highest BCUT2D eigenvalue weighted by molar-refractivity contribution is 4.84. The molecule has 3 N–H and O–H groups in total. The zero-order chi connectivity index (χ0) is 9.84. The van der Waals surface area contributed by atoms with Gasteiger partial charge >= 0.3 is 0 Å². The van der Waals surface area contributed by atoms with Crippen LogP contribution in [0.2, 0.25) is 0 Å². The van der Waals surface area contributed by atoms with E-state index in [4.69, 9.17) is 5.73 Å². The van der Waals surface area contributed by atoms with Crippen molar-refractivity contribution < 1.29 is 0 Å². The number of hydrogen-bond acceptors (Lipinski definition) is 3. The van der Waals surface area contributed by atoms with E-state index in [1.54, 1.807) is 0 Å². The van der Waals surface area contributed by atoms with Gasteiger partial charge in [-0.2, -0.15) is 0 Å². The Morgan fingerprint density at radius 3 is 2.38 bits per heavy atom. The van der Waals surface area contributed by atoms with E-state index in [0.717, 1.165) is 26.1 Å². The van der Waals surface area contributed by atoms with Crippen LogP contribution in [0.1, 0.15) is 27.2 Å². The molecule has 0 amide bonds. The molecule has 13 heavy (non-hydrogen) atoms. The van der Waals surface area contributed by atoms with Crippen LogP contribution in [0, 0.1) is 0 Å². The average molecular weight is 185 g/mol. The van der Waals surface area contributed by atoms with E-state index in [2.05, 4.69) is 31.0 Å². The van der Waals surface area contributed by atoms with Crippen molar-refractivity contribution in [3.8, 4) is 0 Å². The fraction of sp³-hybridized carbons (Fsp3) is 1.00. The van der Waals surface area contributed by atoms with Gasteiger partial charge in [-0.05, 0) is 20.3 Å². The molecule has 1 aliphatic rings. The molecule has 0 aliphatic carbocycles. The van der Waals surface area contributed by atoms with E-state index in [1.165, 1.54) is 0 Å². The maximum atomic E-state index is 5.97. The number of piperazine rings is 1. The summed E-state index contributed by atoms with van der Waals surface area (Å²) in [6.07, 6.45) is 1.07. The Kier molecular flexibility index (Phi) is 4.16. The summed E-state index contributed by atoms with van der Waals surface area (Å²) in [5.74, 6) is 0. The van der Waals surface area contributed by atoms with Gasteiger partial charge in [-0.3, -0.25) is 4.90 Å². The molecule has 3 atom stereocenters. The monoisotopic (exact) mass is 185 g/mol. The summed E-state index contributed by atoms with van der Waals surface area (Å²) in [7, 11) is 0. The minimum absolute atomic E-state index is 0.336. The summed E-state index contributed by atoms with van der Waals surface area (Å²) in [6.45, 7) is 9.93. The van der Waals surface area contributed by atoms with Crippen LogP contribution < -0.4 is 11.1 Å². The molecule has 0 aromatic rings. The van der Waals surface area contributed by atoms with E-state index < -0.39 is 0 Å². The molecule has 1 heterocycles. The van der Waals surface area contributed by atoms with Gasteiger partial charge in [0.15, 0.2) is 0 Å². The Hall–Kier alpha value is -0.120. The summed E-state index contributed by atoms with van der Waals surface area (Å²) in [4.78, 5) is 2.52. The standard InChI is InChI=1S/C10H23N3/c1-4-10(11)7-13-8(2)5-12-6-9(13)3/h8-10,12H,4-7,11H2,1-3H3. The van der Waals surface area contributed by atoms with Gasteiger partial charge < -0.3 is 11.1 Å². The van der Waals surface area contributed by atoms with Gasteiger partial charge in [-0.25, -0.2) is 0 Å². The number of nitrogens with zero attached hydrogens (tertiary/aromatic N) is 1. The second-order valence-corrected chi connectivity index (χ2v) is 4.22. The van der Waals surface area contributed by atoms with Crippen LogP contribution >= 0.6 is 0 Å². The minimum atomic E-state index is 0.336. The fourth-order valence-corrected chi connectivity index (χ4v) is 1.93. The zero-order valence-electron chi connectivity index (χ0n) is 9.09. The van der Waals surface area contributed by atoms with Crippen molar-refractivity contribution in [2.24, 2.45) is 5.73 Å². The quantitative estimate of drug-likeness (QED) is 0.669. The number of rotatable bonds is 3. The van der Waals surface area contributed by atoms with Crippen LogP contribution in [0.3, 0.4) is 0 Å². The highest BCUT2D eigenvalue weighted by Crippen LogP contribution is 2.10. The van der Waals surface area contributed by atoms with E-state index in [1.807, 2.05) is 0 Å². The molecule has 1 saturated heterocycles. The third kappa shape index (κ3) is 2.93. The van der Waals surface area contributed by atoms with Crippen molar-refractivity contribution in [1.82, 2.24) is 10.2 Å². The first-order valence-electron chi connectivity index (χ1n) is 5.37. The van der Waals surface area contributed by atoms with E-state index in [-0.39, 0.29) is 0 Å². The largest absolute Gasteiger partial charge is 0.327 e. The lowest BCUT2D eigenvalue weighted by Gasteiger charge is -2.40. The van der Waals surface area contributed by atoms with Gasteiger partial charge in [0.05, 0.1) is 0 Å². The van der Waals surface area contributed by atoms with E-state index >= 15 is 0 Å². The minimum Gasteiger partial charge on any atom is -0.327 e. The number of hydrogen-bond donors (Lipinski definition) is 2. The van der Waals surface area contributed by atoms with Gasteiger partial charge in [0.1, 0.15) is 0 Å². The first-order chi connectivity index (χ1) is 6.15. The van der Waals surface area contributed by atoms with Crippen molar-refractivity contribution in [2.75, 3.05) is 19.6 Å². The third-order valence-electron chi connectivity index (χ3n) is 2.98. The lowest BCUT2D eigenvalue weighted by atomic mass is 10.1. The molecule has 1 rings (SSSR count). The highest BCUT2D eigenvalue weighted by atomic mass is 15.2. The SMILES string of the molecule is CCC(N)CN1C(C)CNCC1C. The molecule has 78 valence electrons. The van der Waals surface area contributed by atoms with Gasteiger partial charge in [0, 0.05) is 37.8 Å². The predicted molar refractivity (Wildman–Crippen MR) is 56.8 cm³/mol. The predicted octanol–water partition coefficient (Wildman–Crippen LogP) is 0.406. The summed E-state index contributed by atoms with van der Waals surface area (Å²) in [5.41, 5.74) is 5.97. The van der Waals surface area contributed by atoms with E-state index in [0.29, 0.717) is 18.1 Å². The summed E-state index contributed by atoms with van der Waals surface area (Å²) < 4.78 is 0. The number of nitrogens with two attached hydrogens (primary N) is 1. The van der Waals surface area contributed by atoms with Gasteiger partial charge in [0.2, 0.25) is 0 Å². The van der Waals surface area contributed by atoms with Crippen molar-refractivity contribution in [3.05, 3.63) is 0 Å². The van der Waals surface area contributed by atoms with Crippen LogP contribution in [-0.2, 0) is 0 Å². The molecule has 3 nitrogen and oxygen atoms in total. The molecule has 0 aromatic heterocycles. The van der Waals surface area contributed by atoms with Crippen molar-refractivity contribution >= 4 is 0 Å². The Bertz CT molecular complexity index is 139. The average Bonchev–Trinajstić information content (AvgIpc) is 2.11. The summed E-state index contributed by atoms with van der Waals surface area (Å²) in [6, 6.07) is 1.59. The Morgan fingerprint density at radius 2 is 1.92 bits per heavy atom. The molecular formula is C10H23N3. The molecule has 1 aliphatic heterocycles. The lowest BCUT2D eigenvalue weighted by Crippen LogP contribution is -2.57. The second kappa shape index (κ2) is 4.94. The maximum Gasteiger partial charge on any atom is 0.0196 e. The second-order valence-electron chi connectivity index (χ2n) is 4.22. The van der Waals surface area contributed by atoms with Crippen LogP contribution in [0.4, 0.5) is 0 Å². The first kappa shape index (κ1) is 11.0. The topological polar surface area (TPSA) is 41.3 Å². The molecule has 0 aromatic carbocycles. The lowest BCUT2D eigenvalue weighted by molar-refractivity contribution is 0.108. The molecule has 0 spiro atoms. The molecule has 1 fully saturated rings. The maximum absolute atomic E-state index is 5.97. The Balaban J connectivity index is 2.43. The molecule has 0 saturated carbocycles. The highest BCUT2D eigenvalue weighted by Gasteiger charge is 2.24. The van der Waals surface area contributed by atoms with Crippen molar-refractivity contribution in [2.45, 2.75) is 45.3 Å². The van der Waals surface area contributed by atoms with Gasteiger partial charge in [-0.15, -0.1) is 0 Å². The molecule has 3 unspecified atom stereocenters. The zero-order valence-corrected chi connectivity index (χ0v) is 9.09. The van der Waals surface area contributed by atoms with E-state index in [9.17, 15) is 0 Å². The molecule has 3 heteroatoms. The molecule has 0 radical (unpaired) electrons. The fourth-order valence-electron chi connectivity index (χ4n) is 1.93. The number of nitrogens with one attached hydrogen (secondary N) is 1. The van der Waals surface area contributed by atoms with Crippen molar-refractivity contribution in [1.29, 1.82) is 0 Å². The van der Waals surface area contributed by atoms with Gasteiger partial charge in [-0.1, -0.05) is 6.92 Å². The molecular weight excluding hydrogens is 162 g/mol. The van der Waals surface area contributed by atoms with Crippen LogP contribution in [0.5, 0.6) is 0 Å². The normalized spacial score (nSPS) is 33.2. The van der Waals surface area contributed by atoms with Crippen molar-refractivity contribution in [3.63, 3.8) is 0 Å². The molecule has 0 bridgehead atoms. The third-order valence-corrected chi connectivity index (χ3v) is 2.98. The smallest absolute Gasteiger partial charge is 0.0196 e. The van der Waals surface area contributed by atoms with Gasteiger partial charge in [0.25, 0.3) is 0 Å². The van der Waals surface area contributed by atoms with Crippen LogP contribution in [-0.4, -0.2) is 42.7 Å². The summed E-state index contributed by atoms with van der Waals surface area (Å²) in [5, 5.41) is 3.42. The Morgan fingerprint density at radius 1 is 1.38 bits per heavy atom. The Labute approximate surface area is 81.7 Å². The summed E-state index contributed by atoms with van der Waals surface area (Å²) >= 11 is 0.